The highest BCUT2D eigenvalue weighted by molar-refractivity contribution is 5.94. The standard InChI is InChI=1S/C23H28N4O2/c1-3-27-21-12-11-18(24-15-17-8-5-4-6-9-17)14-20(21)22(25-27)23(28)26(2)16-19-10-7-13-29-19/h4-10,13,18,24H,3,11-12,14-16H2,1-2H3/t18-/m0/s1. The molecule has 0 fully saturated rings. The highest BCUT2D eigenvalue weighted by atomic mass is 16.3. The summed E-state index contributed by atoms with van der Waals surface area (Å²) in [4.78, 5) is 14.8. The van der Waals surface area contributed by atoms with Crippen LogP contribution in [0.2, 0.25) is 0 Å². The number of nitrogens with one attached hydrogen (secondary N) is 1. The molecule has 1 N–H and O–H groups in total. The third-order valence-electron chi connectivity index (χ3n) is 5.61. The third kappa shape index (κ3) is 4.27. The number of fused-ring (bicyclic) bond motifs is 1. The van der Waals surface area contributed by atoms with Crippen molar-refractivity contribution in [3.63, 3.8) is 0 Å². The summed E-state index contributed by atoms with van der Waals surface area (Å²) in [6.45, 7) is 4.13. The Labute approximate surface area is 171 Å². The molecule has 152 valence electrons. The molecule has 1 atom stereocenters. The molecule has 0 bridgehead atoms. The van der Waals surface area contributed by atoms with Crippen LogP contribution >= 0.6 is 0 Å². The van der Waals surface area contributed by atoms with E-state index in [2.05, 4.69) is 41.6 Å². The van der Waals surface area contributed by atoms with Crippen LogP contribution in [0.25, 0.3) is 0 Å². The van der Waals surface area contributed by atoms with Crippen molar-refractivity contribution in [1.29, 1.82) is 0 Å². The highest BCUT2D eigenvalue weighted by Crippen LogP contribution is 2.26. The number of furan rings is 1. The Bertz CT molecular complexity index is 947. The molecule has 0 unspecified atom stereocenters. The Balaban J connectivity index is 1.49. The summed E-state index contributed by atoms with van der Waals surface area (Å²) in [5.74, 6) is 0.723. The first-order chi connectivity index (χ1) is 14.2. The van der Waals surface area contributed by atoms with Crippen LogP contribution in [0.4, 0.5) is 0 Å². The van der Waals surface area contributed by atoms with E-state index < -0.39 is 0 Å². The molecule has 0 saturated carbocycles. The molecular formula is C23H28N4O2. The van der Waals surface area contributed by atoms with Crippen LogP contribution in [0.1, 0.15) is 46.4 Å². The lowest BCUT2D eigenvalue weighted by Crippen LogP contribution is -2.35. The van der Waals surface area contributed by atoms with E-state index in [1.165, 1.54) is 11.3 Å². The van der Waals surface area contributed by atoms with Gasteiger partial charge in [0.15, 0.2) is 5.69 Å². The Hall–Kier alpha value is -2.86. The van der Waals surface area contributed by atoms with E-state index in [-0.39, 0.29) is 5.91 Å². The van der Waals surface area contributed by atoms with Crippen molar-refractivity contribution >= 4 is 5.91 Å². The number of aryl methyl sites for hydroxylation is 1. The van der Waals surface area contributed by atoms with Gasteiger partial charge < -0.3 is 14.6 Å². The van der Waals surface area contributed by atoms with E-state index in [0.717, 1.165) is 43.7 Å². The zero-order chi connectivity index (χ0) is 20.2. The molecule has 0 spiro atoms. The molecule has 0 saturated heterocycles. The van der Waals surface area contributed by atoms with E-state index >= 15 is 0 Å². The molecule has 0 radical (unpaired) electrons. The maximum Gasteiger partial charge on any atom is 0.274 e. The number of amides is 1. The van der Waals surface area contributed by atoms with Crippen LogP contribution in [0.3, 0.4) is 0 Å². The summed E-state index contributed by atoms with van der Waals surface area (Å²) in [6, 6.07) is 14.5. The van der Waals surface area contributed by atoms with Gasteiger partial charge in [0.1, 0.15) is 5.76 Å². The van der Waals surface area contributed by atoms with Gasteiger partial charge >= 0.3 is 0 Å². The quantitative estimate of drug-likeness (QED) is 0.669. The Morgan fingerprint density at radius 1 is 1.28 bits per heavy atom. The number of nitrogens with zero attached hydrogens (tertiary/aromatic N) is 3. The van der Waals surface area contributed by atoms with E-state index in [0.29, 0.717) is 18.3 Å². The van der Waals surface area contributed by atoms with Crippen molar-refractivity contribution in [2.75, 3.05) is 7.05 Å². The SMILES string of the molecule is CCn1nc(C(=O)N(C)Cc2ccco2)c2c1CC[C@H](NCc1ccccc1)C2. The van der Waals surface area contributed by atoms with Gasteiger partial charge in [-0.25, -0.2) is 0 Å². The van der Waals surface area contributed by atoms with Crippen LogP contribution in [-0.4, -0.2) is 33.7 Å². The van der Waals surface area contributed by atoms with Crippen molar-refractivity contribution in [1.82, 2.24) is 20.0 Å². The molecule has 6 heteroatoms. The lowest BCUT2D eigenvalue weighted by Gasteiger charge is -2.25. The van der Waals surface area contributed by atoms with Gasteiger partial charge in [-0.2, -0.15) is 5.10 Å². The molecule has 1 aliphatic carbocycles. The normalized spacial score (nSPS) is 15.9. The van der Waals surface area contributed by atoms with E-state index in [9.17, 15) is 4.79 Å². The topological polar surface area (TPSA) is 63.3 Å². The summed E-state index contributed by atoms with van der Waals surface area (Å²) < 4.78 is 7.39. The predicted octanol–water partition coefficient (Wildman–Crippen LogP) is 3.42. The number of rotatable bonds is 7. The van der Waals surface area contributed by atoms with Crippen LogP contribution < -0.4 is 5.32 Å². The molecule has 3 aromatic rings. The molecular weight excluding hydrogens is 364 g/mol. The summed E-state index contributed by atoms with van der Waals surface area (Å²) in [5, 5.41) is 8.34. The third-order valence-corrected chi connectivity index (χ3v) is 5.61. The molecule has 2 aromatic heterocycles. The van der Waals surface area contributed by atoms with Crippen LogP contribution in [0.15, 0.2) is 53.1 Å². The first kappa shape index (κ1) is 19.5. The second-order valence-corrected chi connectivity index (χ2v) is 7.64. The van der Waals surface area contributed by atoms with Crippen LogP contribution in [0, 0.1) is 0 Å². The fourth-order valence-electron chi connectivity index (χ4n) is 4.04. The van der Waals surface area contributed by atoms with Crippen LogP contribution in [-0.2, 0) is 32.5 Å². The number of carbonyl (C=O) groups is 1. The maximum atomic E-state index is 13.1. The van der Waals surface area contributed by atoms with Crippen molar-refractivity contribution in [3.05, 3.63) is 77.0 Å². The monoisotopic (exact) mass is 392 g/mol. The molecule has 6 nitrogen and oxygen atoms in total. The molecule has 1 aromatic carbocycles. The van der Waals surface area contributed by atoms with Gasteiger partial charge in [0, 0.05) is 37.4 Å². The minimum absolute atomic E-state index is 0.0476. The second kappa shape index (κ2) is 8.66. The Morgan fingerprint density at radius 3 is 2.83 bits per heavy atom. The summed E-state index contributed by atoms with van der Waals surface area (Å²) in [6.07, 6.45) is 4.46. The molecule has 29 heavy (non-hydrogen) atoms. The lowest BCUT2D eigenvalue weighted by atomic mass is 9.91. The fraction of sp³-hybridized carbons (Fsp3) is 0.391. The lowest BCUT2D eigenvalue weighted by molar-refractivity contribution is 0.0767. The zero-order valence-electron chi connectivity index (χ0n) is 17.1. The van der Waals surface area contributed by atoms with Gasteiger partial charge in [-0.05, 0) is 43.9 Å². The van der Waals surface area contributed by atoms with E-state index in [4.69, 9.17) is 4.42 Å². The summed E-state index contributed by atoms with van der Waals surface area (Å²) in [7, 11) is 1.80. The fourth-order valence-corrected chi connectivity index (χ4v) is 4.04. The van der Waals surface area contributed by atoms with Gasteiger partial charge in [0.2, 0.25) is 0 Å². The van der Waals surface area contributed by atoms with Crippen molar-refractivity contribution in [2.45, 2.75) is 51.9 Å². The summed E-state index contributed by atoms with van der Waals surface area (Å²) in [5.41, 5.74) is 4.17. The average Bonchev–Trinajstić information content (AvgIpc) is 3.39. The number of aromatic nitrogens is 2. The zero-order valence-corrected chi connectivity index (χ0v) is 17.1. The Morgan fingerprint density at radius 2 is 2.10 bits per heavy atom. The van der Waals surface area contributed by atoms with Gasteiger partial charge in [-0.1, -0.05) is 30.3 Å². The first-order valence-corrected chi connectivity index (χ1v) is 10.3. The second-order valence-electron chi connectivity index (χ2n) is 7.64. The number of hydrogen-bond acceptors (Lipinski definition) is 4. The van der Waals surface area contributed by atoms with E-state index in [1.54, 1.807) is 18.2 Å². The average molecular weight is 393 g/mol. The molecule has 0 aliphatic heterocycles. The Kier molecular flexibility index (Phi) is 5.81. The highest BCUT2D eigenvalue weighted by Gasteiger charge is 2.30. The predicted molar refractivity (Wildman–Crippen MR) is 112 cm³/mol. The number of carbonyl (C=O) groups excluding carboxylic acids is 1. The molecule has 1 aliphatic rings. The molecule has 1 amide bonds. The van der Waals surface area contributed by atoms with Gasteiger partial charge in [0.25, 0.3) is 5.91 Å². The van der Waals surface area contributed by atoms with Gasteiger partial charge in [0.05, 0.1) is 12.8 Å². The molecule has 2 heterocycles. The van der Waals surface area contributed by atoms with Crippen molar-refractivity contribution in [2.24, 2.45) is 0 Å². The van der Waals surface area contributed by atoms with Crippen LogP contribution in [0.5, 0.6) is 0 Å². The largest absolute Gasteiger partial charge is 0.467 e. The summed E-state index contributed by atoms with van der Waals surface area (Å²) >= 11 is 0. The van der Waals surface area contributed by atoms with Gasteiger partial charge in [-0.3, -0.25) is 9.48 Å². The number of benzene rings is 1. The number of hydrogen-bond donors (Lipinski definition) is 1. The first-order valence-electron chi connectivity index (χ1n) is 10.3. The molecule has 4 rings (SSSR count). The smallest absolute Gasteiger partial charge is 0.274 e. The van der Waals surface area contributed by atoms with Crippen molar-refractivity contribution < 1.29 is 9.21 Å². The van der Waals surface area contributed by atoms with Gasteiger partial charge in [-0.15, -0.1) is 0 Å². The minimum atomic E-state index is -0.0476. The maximum absolute atomic E-state index is 13.1. The van der Waals surface area contributed by atoms with E-state index in [1.807, 2.05) is 22.9 Å². The van der Waals surface area contributed by atoms with Crippen molar-refractivity contribution in [3.8, 4) is 0 Å². The minimum Gasteiger partial charge on any atom is -0.467 e.